The summed E-state index contributed by atoms with van der Waals surface area (Å²) in [5, 5.41) is 0.454. The summed E-state index contributed by atoms with van der Waals surface area (Å²) >= 11 is 5.88. The van der Waals surface area contributed by atoms with Gasteiger partial charge in [0.1, 0.15) is 5.82 Å². The molecule has 0 saturated carbocycles. The maximum Gasteiger partial charge on any atom is 0.261 e. The van der Waals surface area contributed by atoms with Gasteiger partial charge in [-0.25, -0.2) is 13.4 Å². The zero-order chi connectivity index (χ0) is 15.8. The molecule has 5 nitrogen and oxygen atoms in total. The van der Waals surface area contributed by atoms with E-state index >= 15 is 0 Å². The number of sulfone groups is 1. The van der Waals surface area contributed by atoms with Crippen molar-refractivity contribution >= 4 is 32.3 Å². The summed E-state index contributed by atoms with van der Waals surface area (Å²) < 4.78 is 24.0. The van der Waals surface area contributed by atoms with Gasteiger partial charge in [-0.2, -0.15) is 0 Å². The third-order valence-electron chi connectivity index (χ3n) is 3.60. The molecular weight excluding hydrogens is 312 g/mol. The van der Waals surface area contributed by atoms with Gasteiger partial charge in [-0.05, 0) is 26.0 Å². The fourth-order valence-electron chi connectivity index (χ4n) is 1.98. The molecule has 114 valence electrons. The Hall–Kier alpha value is -1.40. The van der Waals surface area contributed by atoms with Gasteiger partial charge in [0.25, 0.3) is 5.56 Å². The molecule has 0 aliphatic carbocycles. The molecule has 0 bridgehead atoms. The Bertz CT molecular complexity index is 841. The molecular formula is C14H17ClN2O3S. The monoisotopic (exact) mass is 328 g/mol. The van der Waals surface area contributed by atoms with Crippen molar-refractivity contribution in [3.63, 3.8) is 0 Å². The SMILES string of the molecule is CC(C)(Cn1c(CCl)nc2ccccc2c1=O)S(C)(=O)=O. The van der Waals surface area contributed by atoms with Gasteiger partial charge in [0.2, 0.25) is 0 Å². The van der Waals surface area contributed by atoms with E-state index in [0.29, 0.717) is 16.7 Å². The predicted molar refractivity (Wildman–Crippen MR) is 84.5 cm³/mol. The van der Waals surface area contributed by atoms with Gasteiger partial charge >= 0.3 is 0 Å². The minimum Gasteiger partial charge on any atom is -0.294 e. The molecule has 1 aromatic carbocycles. The average molecular weight is 329 g/mol. The van der Waals surface area contributed by atoms with Crippen molar-refractivity contribution in [2.24, 2.45) is 0 Å². The molecule has 0 saturated heterocycles. The number of rotatable bonds is 4. The van der Waals surface area contributed by atoms with Crippen molar-refractivity contribution in [1.29, 1.82) is 0 Å². The van der Waals surface area contributed by atoms with Crippen LogP contribution >= 0.6 is 11.6 Å². The number of para-hydroxylation sites is 1. The lowest BCUT2D eigenvalue weighted by molar-refractivity contribution is 0.486. The first-order chi connectivity index (χ1) is 9.67. The first-order valence-electron chi connectivity index (χ1n) is 6.41. The Morgan fingerprint density at radius 3 is 2.48 bits per heavy atom. The molecule has 1 heterocycles. The second-order valence-corrected chi connectivity index (χ2v) is 8.52. The number of nitrogens with zero attached hydrogens (tertiary/aromatic N) is 2. The highest BCUT2D eigenvalue weighted by molar-refractivity contribution is 7.92. The third kappa shape index (κ3) is 2.96. The second kappa shape index (κ2) is 5.42. The van der Waals surface area contributed by atoms with Crippen LogP contribution in [0, 0.1) is 0 Å². The van der Waals surface area contributed by atoms with E-state index < -0.39 is 14.6 Å². The molecule has 1 aromatic heterocycles. The van der Waals surface area contributed by atoms with Gasteiger partial charge in [-0.3, -0.25) is 9.36 Å². The van der Waals surface area contributed by atoms with Crippen LogP contribution < -0.4 is 5.56 Å². The van der Waals surface area contributed by atoms with E-state index in [0.717, 1.165) is 6.26 Å². The van der Waals surface area contributed by atoms with Crippen LogP contribution in [0.1, 0.15) is 19.7 Å². The third-order valence-corrected chi connectivity index (χ3v) is 5.98. The van der Waals surface area contributed by atoms with Crippen LogP contribution in [-0.4, -0.2) is 29.0 Å². The molecule has 2 aromatic rings. The van der Waals surface area contributed by atoms with Crippen LogP contribution in [0.3, 0.4) is 0 Å². The van der Waals surface area contributed by atoms with E-state index in [1.165, 1.54) is 4.57 Å². The maximum atomic E-state index is 12.6. The highest BCUT2D eigenvalue weighted by Gasteiger charge is 2.32. The van der Waals surface area contributed by atoms with E-state index in [1.54, 1.807) is 38.1 Å². The van der Waals surface area contributed by atoms with Crippen molar-refractivity contribution < 1.29 is 8.42 Å². The summed E-state index contributed by atoms with van der Waals surface area (Å²) in [6, 6.07) is 6.95. The summed E-state index contributed by atoms with van der Waals surface area (Å²) in [5.74, 6) is 0.414. The smallest absolute Gasteiger partial charge is 0.261 e. The Morgan fingerprint density at radius 1 is 1.29 bits per heavy atom. The zero-order valence-corrected chi connectivity index (χ0v) is 13.7. The number of hydrogen-bond donors (Lipinski definition) is 0. The molecule has 0 atom stereocenters. The number of halogens is 1. The van der Waals surface area contributed by atoms with Gasteiger partial charge < -0.3 is 0 Å². The molecule has 0 radical (unpaired) electrons. The Balaban J connectivity index is 2.69. The van der Waals surface area contributed by atoms with E-state index in [9.17, 15) is 13.2 Å². The summed E-state index contributed by atoms with van der Waals surface area (Å²) in [7, 11) is -3.33. The summed E-state index contributed by atoms with van der Waals surface area (Å²) in [4.78, 5) is 16.9. The summed E-state index contributed by atoms with van der Waals surface area (Å²) in [6.45, 7) is 3.19. The van der Waals surface area contributed by atoms with Crippen LogP contribution in [0.2, 0.25) is 0 Å². The quantitative estimate of drug-likeness (QED) is 0.804. The van der Waals surface area contributed by atoms with E-state index in [-0.39, 0.29) is 18.0 Å². The van der Waals surface area contributed by atoms with Crippen molar-refractivity contribution in [1.82, 2.24) is 9.55 Å². The molecule has 0 aliphatic rings. The molecule has 0 amide bonds. The van der Waals surface area contributed by atoms with Crippen LogP contribution in [-0.2, 0) is 22.3 Å². The molecule has 0 fully saturated rings. The molecule has 0 unspecified atom stereocenters. The lowest BCUT2D eigenvalue weighted by atomic mass is 10.2. The van der Waals surface area contributed by atoms with Crippen LogP contribution in [0.25, 0.3) is 10.9 Å². The molecule has 7 heteroatoms. The largest absolute Gasteiger partial charge is 0.294 e. The highest BCUT2D eigenvalue weighted by atomic mass is 35.5. The number of hydrogen-bond acceptors (Lipinski definition) is 4. The van der Waals surface area contributed by atoms with Gasteiger partial charge in [-0.1, -0.05) is 12.1 Å². The maximum absolute atomic E-state index is 12.6. The first kappa shape index (κ1) is 16.0. The minimum atomic E-state index is -3.33. The predicted octanol–water partition coefficient (Wildman–Crippen LogP) is 1.96. The van der Waals surface area contributed by atoms with E-state index in [2.05, 4.69) is 4.98 Å². The topological polar surface area (TPSA) is 69.0 Å². The van der Waals surface area contributed by atoms with Crippen molar-refractivity contribution in [3.05, 3.63) is 40.4 Å². The van der Waals surface area contributed by atoms with Gasteiger partial charge in [0, 0.05) is 12.8 Å². The Morgan fingerprint density at radius 2 is 1.90 bits per heavy atom. The van der Waals surface area contributed by atoms with Gasteiger partial charge in [0.05, 0.1) is 21.5 Å². The van der Waals surface area contributed by atoms with Crippen molar-refractivity contribution in [3.8, 4) is 0 Å². The van der Waals surface area contributed by atoms with Crippen LogP contribution in [0.15, 0.2) is 29.1 Å². The number of fused-ring (bicyclic) bond motifs is 1. The van der Waals surface area contributed by atoms with Crippen molar-refractivity contribution in [2.45, 2.75) is 31.0 Å². The van der Waals surface area contributed by atoms with Gasteiger partial charge in [-0.15, -0.1) is 11.6 Å². The zero-order valence-electron chi connectivity index (χ0n) is 12.1. The van der Waals surface area contributed by atoms with Gasteiger partial charge in [0.15, 0.2) is 9.84 Å². The standard InChI is InChI=1S/C14H17ClN2O3S/c1-14(2,21(3,19)20)9-17-12(8-15)16-11-7-5-4-6-10(11)13(17)18/h4-7H,8-9H2,1-3H3. The summed E-state index contributed by atoms with van der Waals surface area (Å²) in [6.07, 6.45) is 1.16. The average Bonchev–Trinajstić information content (AvgIpc) is 2.40. The molecule has 0 spiro atoms. The van der Waals surface area contributed by atoms with E-state index in [4.69, 9.17) is 11.6 Å². The van der Waals surface area contributed by atoms with Crippen LogP contribution in [0.5, 0.6) is 0 Å². The van der Waals surface area contributed by atoms with E-state index in [1.807, 2.05) is 0 Å². The van der Waals surface area contributed by atoms with Crippen LogP contribution in [0.4, 0.5) is 0 Å². The number of alkyl halides is 1. The second-order valence-electron chi connectivity index (χ2n) is 5.60. The normalized spacial score (nSPS) is 12.8. The number of aromatic nitrogens is 2. The fourth-order valence-corrected chi connectivity index (χ4v) is 2.54. The fraction of sp³-hybridized carbons (Fsp3) is 0.429. The molecule has 0 aliphatic heterocycles. The van der Waals surface area contributed by atoms with Crippen molar-refractivity contribution in [2.75, 3.05) is 6.26 Å². The Labute approximate surface area is 128 Å². The lowest BCUT2D eigenvalue weighted by Crippen LogP contribution is -2.40. The molecule has 21 heavy (non-hydrogen) atoms. The highest BCUT2D eigenvalue weighted by Crippen LogP contribution is 2.19. The lowest BCUT2D eigenvalue weighted by Gasteiger charge is -2.24. The first-order valence-corrected chi connectivity index (χ1v) is 8.84. The Kier molecular flexibility index (Phi) is 4.13. The number of benzene rings is 1. The minimum absolute atomic E-state index is 0.0184. The molecule has 2 rings (SSSR count). The summed E-state index contributed by atoms with van der Waals surface area (Å²) in [5.41, 5.74) is 0.291. The molecule has 0 N–H and O–H groups in total.